The Morgan fingerprint density at radius 1 is 1.43 bits per heavy atom. The minimum atomic E-state index is 0.657. The molecule has 0 heterocycles. The van der Waals surface area contributed by atoms with E-state index in [9.17, 15) is 0 Å². The molecule has 0 aliphatic carbocycles. The monoisotopic (exact) mass is 218 g/mol. The molecule has 0 bridgehead atoms. The second kappa shape index (κ2) is 8.57. The average Bonchev–Trinajstić information content (AvgIpc) is 2.21. The Kier molecular flexibility index (Phi) is 8.73. The van der Waals surface area contributed by atoms with Crippen LogP contribution in [0, 0.1) is 5.92 Å². The number of nitrogens with zero attached hydrogens (tertiary/aromatic N) is 1. The van der Waals surface area contributed by atoms with E-state index in [1.807, 2.05) is 11.8 Å². The zero-order valence-corrected chi connectivity index (χ0v) is 10.9. The SMILES string of the molecule is CCC(CSC)N(C)CCC(C)CN. The normalized spacial score (nSPS) is 15.9. The van der Waals surface area contributed by atoms with Crippen molar-refractivity contribution < 1.29 is 0 Å². The van der Waals surface area contributed by atoms with Gasteiger partial charge in [0.1, 0.15) is 0 Å². The summed E-state index contributed by atoms with van der Waals surface area (Å²) < 4.78 is 0. The molecule has 86 valence electrons. The Hall–Kier alpha value is 0.270. The van der Waals surface area contributed by atoms with E-state index in [4.69, 9.17) is 5.73 Å². The van der Waals surface area contributed by atoms with Gasteiger partial charge in [0, 0.05) is 11.8 Å². The molecular formula is C11H26N2S. The van der Waals surface area contributed by atoms with Gasteiger partial charge in [0.25, 0.3) is 0 Å². The average molecular weight is 218 g/mol. The van der Waals surface area contributed by atoms with E-state index in [0.717, 1.165) is 12.6 Å². The molecule has 2 N–H and O–H groups in total. The highest BCUT2D eigenvalue weighted by Gasteiger charge is 2.12. The van der Waals surface area contributed by atoms with Gasteiger partial charge in [-0.3, -0.25) is 0 Å². The van der Waals surface area contributed by atoms with Crippen molar-refractivity contribution in [3.8, 4) is 0 Å². The van der Waals surface area contributed by atoms with Gasteiger partial charge in [-0.1, -0.05) is 13.8 Å². The third-order valence-corrected chi connectivity index (χ3v) is 3.55. The molecule has 0 rings (SSSR count). The lowest BCUT2D eigenvalue weighted by Crippen LogP contribution is -2.35. The second-order valence-corrected chi connectivity index (χ2v) is 5.04. The predicted octanol–water partition coefficient (Wildman–Crippen LogP) is 2.04. The van der Waals surface area contributed by atoms with E-state index in [-0.39, 0.29) is 0 Å². The Morgan fingerprint density at radius 3 is 2.50 bits per heavy atom. The first-order chi connectivity index (χ1) is 6.65. The summed E-state index contributed by atoms with van der Waals surface area (Å²) in [6.07, 6.45) is 4.64. The molecule has 0 amide bonds. The van der Waals surface area contributed by atoms with E-state index < -0.39 is 0 Å². The fraction of sp³-hybridized carbons (Fsp3) is 1.00. The van der Waals surface area contributed by atoms with Gasteiger partial charge in [-0.25, -0.2) is 0 Å². The van der Waals surface area contributed by atoms with E-state index >= 15 is 0 Å². The van der Waals surface area contributed by atoms with Crippen LogP contribution in [-0.4, -0.2) is 43.1 Å². The van der Waals surface area contributed by atoms with Crippen molar-refractivity contribution in [2.45, 2.75) is 32.7 Å². The number of hydrogen-bond acceptors (Lipinski definition) is 3. The molecule has 0 aromatic heterocycles. The number of nitrogens with two attached hydrogens (primary N) is 1. The topological polar surface area (TPSA) is 29.3 Å². The number of hydrogen-bond donors (Lipinski definition) is 1. The largest absolute Gasteiger partial charge is 0.330 e. The zero-order chi connectivity index (χ0) is 11.0. The summed E-state index contributed by atoms with van der Waals surface area (Å²) >= 11 is 1.94. The third kappa shape index (κ3) is 5.89. The summed E-state index contributed by atoms with van der Waals surface area (Å²) in [7, 11) is 2.23. The smallest absolute Gasteiger partial charge is 0.0180 e. The summed E-state index contributed by atoms with van der Waals surface area (Å²) in [6, 6.07) is 0.731. The molecule has 0 radical (unpaired) electrons. The summed E-state index contributed by atoms with van der Waals surface area (Å²) in [5.41, 5.74) is 5.60. The molecule has 3 heteroatoms. The Balaban J connectivity index is 3.73. The Bertz CT molecular complexity index is 130. The van der Waals surface area contributed by atoms with Crippen LogP contribution in [0.15, 0.2) is 0 Å². The number of rotatable bonds is 8. The van der Waals surface area contributed by atoms with Crippen LogP contribution in [0.25, 0.3) is 0 Å². The van der Waals surface area contributed by atoms with Crippen LogP contribution in [0.5, 0.6) is 0 Å². The lowest BCUT2D eigenvalue weighted by atomic mass is 10.1. The Morgan fingerprint density at radius 2 is 2.07 bits per heavy atom. The first-order valence-electron chi connectivity index (χ1n) is 5.54. The fourth-order valence-corrected chi connectivity index (χ4v) is 2.35. The van der Waals surface area contributed by atoms with Gasteiger partial charge in [-0.2, -0.15) is 11.8 Å². The quantitative estimate of drug-likeness (QED) is 0.676. The van der Waals surface area contributed by atoms with Crippen molar-refractivity contribution in [2.24, 2.45) is 11.7 Å². The second-order valence-electron chi connectivity index (χ2n) is 4.13. The van der Waals surface area contributed by atoms with Crippen LogP contribution in [0.4, 0.5) is 0 Å². The molecule has 2 nitrogen and oxygen atoms in total. The maximum absolute atomic E-state index is 5.60. The van der Waals surface area contributed by atoms with Crippen LogP contribution in [0.3, 0.4) is 0 Å². The minimum Gasteiger partial charge on any atom is -0.330 e. The van der Waals surface area contributed by atoms with Crippen molar-refractivity contribution in [1.29, 1.82) is 0 Å². The van der Waals surface area contributed by atoms with Crippen molar-refractivity contribution in [1.82, 2.24) is 4.90 Å². The van der Waals surface area contributed by atoms with Gasteiger partial charge in [-0.15, -0.1) is 0 Å². The third-order valence-electron chi connectivity index (χ3n) is 2.83. The Labute approximate surface area is 93.6 Å². The van der Waals surface area contributed by atoms with Gasteiger partial charge in [0.2, 0.25) is 0 Å². The molecule has 0 aromatic rings. The molecule has 0 fully saturated rings. The summed E-state index contributed by atoms with van der Waals surface area (Å²) in [5, 5.41) is 0. The van der Waals surface area contributed by atoms with Crippen LogP contribution in [0.1, 0.15) is 26.7 Å². The van der Waals surface area contributed by atoms with Crippen LogP contribution < -0.4 is 5.73 Å². The van der Waals surface area contributed by atoms with E-state index in [1.165, 1.54) is 25.1 Å². The molecule has 0 aliphatic heterocycles. The number of thioether (sulfide) groups is 1. The lowest BCUT2D eigenvalue weighted by molar-refractivity contribution is 0.240. The van der Waals surface area contributed by atoms with Gasteiger partial charge in [0.05, 0.1) is 0 Å². The first-order valence-corrected chi connectivity index (χ1v) is 6.94. The zero-order valence-electron chi connectivity index (χ0n) is 10.1. The van der Waals surface area contributed by atoms with Crippen molar-refractivity contribution in [2.75, 3.05) is 32.1 Å². The highest BCUT2D eigenvalue weighted by atomic mass is 32.2. The molecule has 0 aliphatic rings. The molecule has 0 spiro atoms. The highest BCUT2D eigenvalue weighted by molar-refractivity contribution is 7.98. The summed E-state index contributed by atoms with van der Waals surface area (Å²) in [4.78, 5) is 2.47. The molecule has 0 saturated carbocycles. The van der Waals surface area contributed by atoms with Crippen LogP contribution in [-0.2, 0) is 0 Å². The van der Waals surface area contributed by atoms with Gasteiger partial charge < -0.3 is 10.6 Å². The van der Waals surface area contributed by atoms with E-state index in [2.05, 4.69) is 32.1 Å². The van der Waals surface area contributed by atoms with Crippen LogP contribution >= 0.6 is 11.8 Å². The standard InChI is InChI=1S/C11H26N2S/c1-5-11(9-14-4)13(3)7-6-10(2)8-12/h10-11H,5-9,12H2,1-4H3. The van der Waals surface area contributed by atoms with E-state index in [0.29, 0.717) is 5.92 Å². The molecule has 0 saturated heterocycles. The summed E-state index contributed by atoms with van der Waals surface area (Å²) in [6.45, 7) is 6.48. The molecular weight excluding hydrogens is 192 g/mol. The molecule has 0 aromatic carbocycles. The van der Waals surface area contributed by atoms with Crippen molar-refractivity contribution >= 4 is 11.8 Å². The van der Waals surface area contributed by atoms with Crippen LogP contribution in [0.2, 0.25) is 0 Å². The molecule has 2 atom stereocenters. The van der Waals surface area contributed by atoms with Crippen molar-refractivity contribution in [3.05, 3.63) is 0 Å². The predicted molar refractivity (Wildman–Crippen MR) is 67.9 cm³/mol. The van der Waals surface area contributed by atoms with Gasteiger partial charge in [-0.05, 0) is 45.2 Å². The maximum Gasteiger partial charge on any atom is 0.0180 e. The fourth-order valence-electron chi connectivity index (χ4n) is 1.47. The summed E-state index contributed by atoms with van der Waals surface area (Å²) in [5.74, 6) is 1.90. The maximum atomic E-state index is 5.60. The first kappa shape index (κ1) is 14.3. The lowest BCUT2D eigenvalue weighted by Gasteiger charge is -2.27. The molecule has 2 unspecified atom stereocenters. The highest BCUT2D eigenvalue weighted by Crippen LogP contribution is 2.10. The van der Waals surface area contributed by atoms with Gasteiger partial charge >= 0.3 is 0 Å². The van der Waals surface area contributed by atoms with E-state index in [1.54, 1.807) is 0 Å². The minimum absolute atomic E-state index is 0.657. The van der Waals surface area contributed by atoms with Crippen molar-refractivity contribution in [3.63, 3.8) is 0 Å². The van der Waals surface area contributed by atoms with Gasteiger partial charge in [0.15, 0.2) is 0 Å². The molecule has 14 heavy (non-hydrogen) atoms.